The average Bonchev–Trinajstić information content (AvgIpc) is 2.79. The third-order valence-electron chi connectivity index (χ3n) is 5.16. The molecule has 2 heterocycles. The highest BCUT2D eigenvalue weighted by Crippen LogP contribution is 2.41. The minimum Gasteiger partial charge on any atom is -0.395 e. The van der Waals surface area contributed by atoms with Gasteiger partial charge in [0, 0.05) is 19.6 Å². The Bertz CT molecular complexity index is 635. The van der Waals surface area contributed by atoms with Crippen LogP contribution in [0.2, 0.25) is 0 Å². The van der Waals surface area contributed by atoms with Crippen LogP contribution in [0.15, 0.2) is 16.6 Å². The Labute approximate surface area is 148 Å². The summed E-state index contributed by atoms with van der Waals surface area (Å²) < 4.78 is 13.9. The van der Waals surface area contributed by atoms with Gasteiger partial charge < -0.3 is 10.4 Å². The maximum Gasteiger partial charge on any atom is 0.295 e. The van der Waals surface area contributed by atoms with Crippen LogP contribution in [0.25, 0.3) is 0 Å². The molecule has 2 N–H and O–H groups in total. The molecule has 1 saturated carbocycles. The molecule has 0 aromatic heterocycles. The fraction of sp³-hybridized carbons (Fsp3) is 0.625. The highest BCUT2D eigenvalue weighted by atomic mass is 79.9. The Morgan fingerprint density at radius 1 is 1.46 bits per heavy atom. The Morgan fingerprint density at radius 2 is 2.17 bits per heavy atom. The number of fused-ring (bicyclic) bond motifs is 4. The fourth-order valence-electron chi connectivity index (χ4n) is 3.98. The molecule has 8 heteroatoms. The van der Waals surface area contributed by atoms with Gasteiger partial charge >= 0.3 is 0 Å². The van der Waals surface area contributed by atoms with Crippen molar-refractivity contribution in [1.29, 1.82) is 0 Å². The van der Waals surface area contributed by atoms with Crippen LogP contribution < -0.4 is 5.32 Å². The van der Waals surface area contributed by atoms with Gasteiger partial charge in [-0.05, 0) is 53.6 Å². The third kappa shape index (κ3) is 3.55. The fourth-order valence-corrected chi connectivity index (χ4v) is 4.32. The maximum atomic E-state index is 13.7. The van der Waals surface area contributed by atoms with E-state index in [1.807, 2.05) is 0 Å². The van der Waals surface area contributed by atoms with Crippen LogP contribution in [0.5, 0.6) is 0 Å². The first kappa shape index (κ1) is 17.6. The first-order chi connectivity index (χ1) is 11.4. The summed E-state index contributed by atoms with van der Waals surface area (Å²) in [4.78, 5) is 13.0. The number of hydrogen-bond acceptors (Lipinski definition) is 5. The minimum atomic E-state index is -0.642. The maximum absolute atomic E-state index is 13.7. The number of hydrogen-bond donors (Lipinski definition) is 2. The second kappa shape index (κ2) is 6.93. The van der Waals surface area contributed by atoms with Crippen LogP contribution in [0.1, 0.15) is 25.7 Å². The number of halogens is 2. The smallest absolute Gasteiger partial charge is 0.295 e. The van der Waals surface area contributed by atoms with Crippen molar-refractivity contribution in [3.63, 3.8) is 0 Å². The van der Waals surface area contributed by atoms with Gasteiger partial charge in [-0.25, -0.2) is 4.39 Å². The van der Waals surface area contributed by atoms with E-state index in [2.05, 4.69) is 26.1 Å². The molecule has 2 saturated heterocycles. The number of nitrogens with zero attached hydrogens (tertiary/aromatic N) is 2. The van der Waals surface area contributed by atoms with Crippen molar-refractivity contribution in [2.75, 3.05) is 31.6 Å². The molecule has 3 fully saturated rings. The van der Waals surface area contributed by atoms with E-state index >= 15 is 0 Å². The van der Waals surface area contributed by atoms with Crippen LogP contribution in [0, 0.1) is 21.8 Å². The molecular formula is C16H21BrFN3O3. The van der Waals surface area contributed by atoms with Gasteiger partial charge in [0.2, 0.25) is 0 Å². The molecule has 0 atom stereocenters. The number of nitro groups is 1. The van der Waals surface area contributed by atoms with Crippen molar-refractivity contribution < 1.29 is 14.4 Å². The lowest BCUT2D eigenvalue weighted by Crippen LogP contribution is -2.48. The summed E-state index contributed by atoms with van der Waals surface area (Å²) >= 11 is 3.11. The number of aliphatic hydroxyl groups is 1. The van der Waals surface area contributed by atoms with Gasteiger partial charge in [-0.3, -0.25) is 15.0 Å². The molecule has 2 aliphatic heterocycles. The zero-order valence-corrected chi connectivity index (χ0v) is 14.9. The second-order valence-corrected chi connectivity index (χ2v) is 7.70. The quantitative estimate of drug-likeness (QED) is 0.585. The van der Waals surface area contributed by atoms with Gasteiger partial charge in [-0.1, -0.05) is 0 Å². The number of benzene rings is 1. The van der Waals surface area contributed by atoms with Crippen LogP contribution in [-0.2, 0) is 0 Å². The van der Waals surface area contributed by atoms with Crippen LogP contribution >= 0.6 is 15.9 Å². The van der Waals surface area contributed by atoms with Crippen molar-refractivity contribution in [2.45, 2.75) is 31.2 Å². The number of nitrogens with one attached hydrogen (secondary N) is 1. The predicted molar refractivity (Wildman–Crippen MR) is 92.6 cm³/mol. The topological polar surface area (TPSA) is 78.6 Å². The molecule has 0 radical (unpaired) electrons. The lowest BCUT2D eigenvalue weighted by Gasteiger charge is -2.39. The SMILES string of the molecule is O=[N+]([O-])c1cc(F)c(Br)cc1NC12CCC(CC1)CN(CCO)C2. The molecule has 6 nitrogen and oxygen atoms in total. The molecule has 132 valence electrons. The van der Waals surface area contributed by atoms with Gasteiger partial charge in [0.1, 0.15) is 11.5 Å². The summed E-state index contributed by atoms with van der Waals surface area (Å²) in [6, 6.07) is 2.41. The van der Waals surface area contributed by atoms with Crippen LogP contribution in [0.3, 0.4) is 0 Å². The normalized spacial score (nSPS) is 27.0. The molecule has 2 bridgehead atoms. The monoisotopic (exact) mass is 401 g/mol. The molecule has 4 rings (SSSR count). The van der Waals surface area contributed by atoms with E-state index in [1.165, 1.54) is 6.07 Å². The van der Waals surface area contributed by atoms with E-state index in [0.29, 0.717) is 18.2 Å². The molecule has 1 aromatic rings. The highest BCUT2D eigenvalue weighted by molar-refractivity contribution is 9.10. The van der Waals surface area contributed by atoms with E-state index in [0.717, 1.165) is 44.8 Å². The molecule has 24 heavy (non-hydrogen) atoms. The van der Waals surface area contributed by atoms with Crippen molar-refractivity contribution in [2.24, 2.45) is 5.92 Å². The lowest BCUT2D eigenvalue weighted by molar-refractivity contribution is -0.384. The summed E-state index contributed by atoms with van der Waals surface area (Å²) in [5.74, 6) is -0.0276. The van der Waals surface area contributed by atoms with Crippen molar-refractivity contribution in [3.8, 4) is 0 Å². The minimum absolute atomic E-state index is 0.102. The zero-order chi connectivity index (χ0) is 17.3. The Kier molecular flexibility index (Phi) is 5.08. The lowest BCUT2D eigenvalue weighted by atomic mass is 9.78. The van der Waals surface area contributed by atoms with Gasteiger partial charge in [-0.2, -0.15) is 0 Å². The van der Waals surface area contributed by atoms with Gasteiger partial charge in [0.05, 0.1) is 27.6 Å². The summed E-state index contributed by atoms with van der Waals surface area (Å²) in [5.41, 5.74) is -0.174. The molecular weight excluding hydrogens is 381 g/mol. The predicted octanol–water partition coefficient (Wildman–Crippen LogP) is 3.15. The van der Waals surface area contributed by atoms with Gasteiger partial charge in [0.25, 0.3) is 5.69 Å². The molecule has 0 spiro atoms. The largest absolute Gasteiger partial charge is 0.395 e. The number of rotatable bonds is 5. The Hall–Kier alpha value is -1.25. The summed E-state index contributed by atoms with van der Waals surface area (Å²) in [6.07, 6.45) is 3.97. The molecule has 1 aliphatic carbocycles. The van der Waals surface area contributed by atoms with Crippen LogP contribution in [-0.4, -0.2) is 46.7 Å². The van der Waals surface area contributed by atoms with Crippen molar-refractivity contribution >= 4 is 27.3 Å². The van der Waals surface area contributed by atoms with Crippen molar-refractivity contribution in [3.05, 3.63) is 32.5 Å². The number of anilines is 1. The van der Waals surface area contributed by atoms with E-state index in [9.17, 15) is 19.6 Å². The van der Waals surface area contributed by atoms with Gasteiger partial charge in [0.15, 0.2) is 0 Å². The summed E-state index contributed by atoms with van der Waals surface area (Å²) in [5, 5.41) is 23.9. The first-order valence-corrected chi connectivity index (χ1v) is 8.96. The van der Waals surface area contributed by atoms with E-state index in [-0.39, 0.29) is 22.3 Å². The van der Waals surface area contributed by atoms with E-state index in [1.54, 1.807) is 0 Å². The third-order valence-corrected chi connectivity index (χ3v) is 5.76. The summed E-state index contributed by atoms with van der Waals surface area (Å²) in [7, 11) is 0. The second-order valence-electron chi connectivity index (χ2n) is 6.85. The average molecular weight is 402 g/mol. The molecule has 0 unspecified atom stereocenters. The van der Waals surface area contributed by atoms with Crippen LogP contribution in [0.4, 0.5) is 15.8 Å². The standard InChI is InChI=1S/C16H21BrFN3O3/c17-12-7-14(15(21(23)24)8-13(12)18)19-16-3-1-11(2-4-16)9-20(10-16)5-6-22/h7-8,11,19,22H,1-6,9-10H2. The number of nitro benzene ring substituents is 1. The molecule has 3 aliphatic rings. The number of aliphatic hydroxyl groups excluding tert-OH is 1. The first-order valence-electron chi connectivity index (χ1n) is 8.17. The molecule has 0 amide bonds. The molecule has 1 aromatic carbocycles. The van der Waals surface area contributed by atoms with Crippen molar-refractivity contribution in [1.82, 2.24) is 4.90 Å². The van der Waals surface area contributed by atoms with Gasteiger partial charge in [-0.15, -0.1) is 0 Å². The van der Waals surface area contributed by atoms with E-state index < -0.39 is 10.7 Å². The summed E-state index contributed by atoms with van der Waals surface area (Å²) in [6.45, 7) is 2.40. The zero-order valence-electron chi connectivity index (χ0n) is 13.3. The Morgan fingerprint density at radius 3 is 2.79 bits per heavy atom. The van der Waals surface area contributed by atoms with E-state index in [4.69, 9.17) is 0 Å². The Balaban J connectivity index is 1.91. The highest BCUT2D eigenvalue weighted by Gasteiger charge is 2.41.